The van der Waals surface area contributed by atoms with Crippen LogP contribution in [0.25, 0.3) is 11.3 Å². The molecule has 2 aromatic rings. The van der Waals surface area contributed by atoms with E-state index in [0.717, 1.165) is 0 Å². The van der Waals surface area contributed by atoms with E-state index in [1.54, 1.807) is 31.3 Å². The molecule has 0 aliphatic rings. The topological polar surface area (TPSA) is 47.0 Å². The van der Waals surface area contributed by atoms with Crippen LogP contribution in [0.1, 0.15) is 13.8 Å². The van der Waals surface area contributed by atoms with Gasteiger partial charge in [-0.3, -0.25) is 0 Å². The Bertz CT molecular complexity index is 555. The van der Waals surface area contributed by atoms with Crippen molar-refractivity contribution in [3.63, 3.8) is 0 Å². The summed E-state index contributed by atoms with van der Waals surface area (Å²) in [7, 11) is 1.77. The summed E-state index contributed by atoms with van der Waals surface area (Å²) in [6, 6.07) is 8.36. The first kappa shape index (κ1) is 13.3. The molecule has 19 heavy (non-hydrogen) atoms. The molecule has 5 heteroatoms. The fourth-order valence-electron chi connectivity index (χ4n) is 1.63. The van der Waals surface area contributed by atoms with Gasteiger partial charge in [0.25, 0.3) is 0 Å². The Kier molecular flexibility index (Phi) is 3.94. The van der Waals surface area contributed by atoms with Gasteiger partial charge in [0.2, 0.25) is 0 Å². The second-order valence-electron chi connectivity index (χ2n) is 4.37. The maximum atomic E-state index is 13.9. The first-order valence-corrected chi connectivity index (χ1v) is 6.08. The quantitative estimate of drug-likeness (QED) is 0.918. The lowest BCUT2D eigenvalue weighted by Gasteiger charge is -2.11. The van der Waals surface area contributed by atoms with E-state index in [2.05, 4.69) is 15.5 Å². The Morgan fingerprint density at radius 3 is 2.47 bits per heavy atom. The van der Waals surface area contributed by atoms with Crippen LogP contribution in [0.2, 0.25) is 0 Å². The fourth-order valence-corrected chi connectivity index (χ4v) is 1.63. The summed E-state index contributed by atoms with van der Waals surface area (Å²) in [5.41, 5.74) is 1.29. The van der Waals surface area contributed by atoms with E-state index in [0.29, 0.717) is 17.1 Å². The van der Waals surface area contributed by atoms with Crippen LogP contribution in [0.3, 0.4) is 0 Å². The van der Waals surface area contributed by atoms with Gasteiger partial charge >= 0.3 is 0 Å². The van der Waals surface area contributed by atoms with Crippen molar-refractivity contribution in [3.05, 3.63) is 36.1 Å². The standard InChI is InChI=1S/C14H16FN3O/c1-9(2)19-13-6-4-10(8-11(13)15)12-5-7-14(16-3)18-17-12/h4-9H,1-3H3,(H,16,18). The largest absolute Gasteiger partial charge is 0.488 e. The second-order valence-corrected chi connectivity index (χ2v) is 4.37. The summed E-state index contributed by atoms with van der Waals surface area (Å²) >= 11 is 0. The molecule has 4 nitrogen and oxygen atoms in total. The predicted octanol–water partition coefficient (Wildman–Crippen LogP) is 3.11. The number of nitrogens with zero attached hydrogens (tertiary/aromatic N) is 2. The van der Waals surface area contributed by atoms with Crippen molar-refractivity contribution in [1.29, 1.82) is 0 Å². The summed E-state index contributed by atoms with van der Waals surface area (Å²) in [4.78, 5) is 0. The van der Waals surface area contributed by atoms with E-state index in [9.17, 15) is 4.39 Å². The molecule has 1 heterocycles. The Hall–Kier alpha value is -2.17. The molecule has 1 N–H and O–H groups in total. The van der Waals surface area contributed by atoms with Gasteiger partial charge in [-0.1, -0.05) is 0 Å². The lowest BCUT2D eigenvalue weighted by Crippen LogP contribution is -2.06. The van der Waals surface area contributed by atoms with Crippen molar-refractivity contribution < 1.29 is 9.13 Å². The monoisotopic (exact) mass is 261 g/mol. The van der Waals surface area contributed by atoms with Gasteiger partial charge in [-0.2, -0.15) is 0 Å². The Balaban J connectivity index is 2.27. The fraction of sp³-hybridized carbons (Fsp3) is 0.286. The van der Waals surface area contributed by atoms with Crippen LogP contribution < -0.4 is 10.1 Å². The number of aromatic nitrogens is 2. The number of hydrogen-bond donors (Lipinski definition) is 1. The number of benzene rings is 1. The Morgan fingerprint density at radius 2 is 1.95 bits per heavy atom. The van der Waals surface area contributed by atoms with Crippen molar-refractivity contribution in [2.24, 2.45) is 0 Å². The van der Waals surface area contributed by atoms with Crippen molar-refractivity contribution in [3.8, 4) is 17.0 Å². The van der Waals surface area contributed by atoms with Crippen molar-refractivity contribution >= 4 is 5.82 Å². The molecular formula is C14H16FN3O. The van der Waals surface area contributed by atoms with Crippen LogP contribution in [0.4, 0.5) is 10.2 Å². The molecule has 0 aliphatic carbocycles. The molecule has 0 radical (unpaired) electrons. The van der Waals surface area contributed by atoms with Gasteiger partial charge < -0.3 is 10.1 Å². The van der Waals surface area contributed by atoms with E-state index < -0.39 is 5.82 Å². The number of hydrogen-bond acceptors (Lipinski definition) is 4. The first-order chi connectivity index (χ1) is 9.10. The van der Waals surface area contributed by atoms with Gasteiger partial charge in [0.15, 0.2) is 11.6 Å². The molecule has 0 fully saturated rings. The summed E-state index contributed by atoms with van der Waals surface area (Å²) < 4.78 is 19.2. The average molecular weight is 261 g/mol. The van der Waals surface area contributed by atoms with Crippen LogP contribution in [0.15, 0.2) is 30.3 Å². The van der Waals surface area contributed by atoms with Crippen LogP contribution in [0, 0.1) is 5.82 Å². The Morgan fingerprint density at radius 1 is 1.16 bits per heavy atom. The summed E-state index contributed by atoms with van der Waals surface area (Å²) in [5.74, 6) is 0.522. The highest BCUT2D eigenvalue weighted by Crippen LogP contribution is 2.25. The molecule has 0 amide bonds. The molecule has 2 rings (SSSR count). The molecule has 0 saturated heterocycles. The smallest absolute Gasteiger partial charge is 0.165 e. The van der Waals surface area contributed by atoms with Gasteiger partial charge in [0.05, 0.1) is 11.8 Å². The number of ether oxygens (including phenoxy) is 1. The maximum absolute atomic E-state index is 13.9. The molecule has 100 valence electrons. The second kappa shape index (κ2) is 5.65. The minimum Gasteiger partial charge on any atom is -0.488 e. The number of nitrogens with one attached hydrogen (secondary N) is 1. The van der Waals surface area contributed by atoms with Crippen molar-refractivity contribution in [2.75, 3.05) is 12.4 Å². The normalized spacial score (nSPS) is 10.6. The van der Waals surface area contributed by atoms with Gasteiger partial charge in [-0.05, 0) is 44.2 Å². The van der Waals surface area contributed by atoms with Gasteiger partial charge in [0.1, 0.15) is 5.82 Å². The van der Waals surface area contributed by atoms with E-state index in [-0.39, 0.29) is 11.9 Å². The van der Waals surface area contributed by atoms with Crippen LogP contribution >= 0.6 is 0 Å². The molecular weight excluding hydrogens is 245 g/mol. The number of rotatable bonds is 4. The van der Waals surface area contributed by atoms with E-state index >= 15 is 0 Å². The van der Waals surface area contributed by atoms with Gasteiger partial charge in [0, 0.05) is 12.6 Å². The summed E-state index contributed by atoms with van der Waals surface area (Å²) in [6.07, 6.45) is -0.0601. The molecule has 1 aromatic heterocycles. The predicted molar refractivity (Wildman–Crippen MR) is 72.7 cm³/mol. The van der Waals surface area contributed by atoms with E-state index in [1.807, 2.05) is 13.8 Å². The van der Waals surface area contributed by atoms with Crippen LogP contribution in [-0.4, -0.2) is 23.3 Å². The molecule has 0 unspecified atom stereocenters. The minimum absolute atomic E-state index is 0.0601. The third-order valence-electron chi connectivity index (χ3n) is 2.51. The highest BCUT2D eigenvalue weighted by atomic mass is 19.1. The van der Waals surface area contributed by atoms with E-state index in [4.69, 9.17) is 4.74 Å². The lowest BCUT2D eigenvalue weighted by atomic mass is 10.1. The van der Waals surface area contributed by atoms with E-state index in [1.165, 1.54) is 6.07 Å². The highest BCUT2D eigenvalue weighted by Gasteiger charge is 2.08. The summed E-state index contributed by atoms with van der Waals surface area (Å²) in [6.45, 7) is 3.71. The molecule has 0 aliphatic heterocycles. The van der Waals surface area contributed by atoms with Crippen LogP contribution in [-0.2, 0) is 0 Å². The maximum Gasteiger partial charge on any atom is 0.165 e. The van der Waals surface area contributed by atoms with Gasteiger partial charge in [-0.15, -0.1) is 10.2 Å². The average Bonchev–Trinajstić information content (AvgIpc) is 2.41. The molecule has 1 aromatic carbocycles. The molecule has 0 bridgehead atoms. The zero-order chi connectivity index (χ0) is 13.8. The SMILES string of the molecule is CNc1ccc(-c2ccc(OC(C)C)c(F)c2)nn1. The zero-order valence-corrected chi connectivity index (χ0v) is 11.1. The third kappa shape index (κ3) is 3.19. The molecule has 0 saturated carbocycles. The zero-order valence-electron chi connectivity index (χ0n) is 11.1. The van der Waals surface area contributed by atoms with Crippen LogP contribution in [0.5, 0.6) is 5.75 Å². The number of halogens is 1. The summed E-state index contributed by atoms with van der Waals surface area (Å²) in [5, 5.41) is 10.9. The number of anilines is 1. The molecule has 0 atom stereocenters. The third-order valence-corrected chi connectivity index (χ3v) is 2.51. The first-order valence-electron chi connectivity index (χ1n) is 6.08. The van der Waals surface area contributed by atoms with Gasteiger partial charge in [-0.25, -0.2) is 4.39 Å². The van der Waals surface area contributed by atoms with Crippen molar-refractivity contribution in [1.82, 2.24) is 10.2 Å². The highest BCUT2D eigenvalue weighted by molar-refractivity contribution is 5.60. The Labute approximate surface area is 111 Å². The lowest BCUT2D eigenvalue weighted by molar-refractivity contribution is 0.231. The minimum atomic E-state index is -0.398. The van der Waals surface area contributed by atoms with Crippen molar-refractivity contribution in [2.45, 2.75) is 20.0 Å². The molecule has 0 spiro atoms.